The summed E-state index contributed by atoms with van der Waals surface area (Å²) in [6.07, 6.45) is 2.91. The molecule has 0 saturated carbocycles. The Hall–Kier alpha value is -1.63. The van der Waals surface area contributed by atoms with Crippen LogP contribution in [0, 0.1) is 0 Å². The van der Waals surface area contributed by atoms with Crippen LogP contribution in [-0.2, 0) is 14.8 Å². The maximum atomic E-state index is 11.7. The van der Waals surface area contributed by atoms with Crippen LogP contribution in [-0.4, -0.2) is 36.8 Å². The monoisotopic (exact) mass is 244 g/mol. The third-order valence-electron chi connectivity index (χ3n) is 1.88. The number of hydrogen-bond acceptors (Lipinski definition) is 4. The number of carboxylic acids is 1. The van der Waals surface area contributed by atoms with E-state index < -0.39 is 21.7 Å². The molecule has 7 heteroatoms. The van der Waals surface area contributed by atoms with Crippen molar-refractivity contribution in [3.05, 3.63) is 24.5 Å². The average Bonchev–Trinajstić information content (AvgIpc) is 2.17. The van der Waals surface area contributed by atoms with Gasteiger partial charge in [0.15, 0.2) is 5.75 Å². The molecule has 0 aliphatic carbocycles. The zero-order valence-corrected chi connectivity index (χ0v) is 9.51. The van der Waals surface area contributed by atoms with Crippen molar-refractivity contribution < 1.29 is 18.3 Å². The van der Waals surface area contributed by atoms with Crippen LogP contribution in [0.2, 0.25) is 0 Å². The van der Waals surface area contributed by atoms with E-state index in [9.17, 15) is 13.2 Å². The van der Waals surface area contributed by atoms with E-state index >= 15 is 0 Å². The van der Waals surface area contributed by atoms with Crippen molar-refractivity contribution in [1.82, 2.24) is 4.98 Å². The van der Waals surface area contributed by atoms with Gasteiger partial charge in [-0.2, -0.15) is 0 Å². The SMILES string of the molecule is CCN(c1ccncc1)S(=O)(=O)CC(=O)O. The number of carboxylic acid groups (broad SMARTS) is 1. The summed E-state index contributed by atoms with van der Waals surface area (Å²) in [6, 6.07) is 3.03. The number of aromatic nitrogens is 1. The highest BCUT2D eigenvalue weighted by Gasteiger charge is 2.23. The zero-order chi connectivity index (χ0) is 12.2. The van der Waals surface area contributed by atoms with E-state index in [1.807, 2.05) is 0 Å². The topological polar surface area (TPSA) is 87.6 Å². The molecule has 1 aromatic rings. The second-order valence-corrected chi connectivity index (χ2v) is 4.91. The van der Waals surface area contributed by atoms with Gasteiger partial charge in [0.1, 0.15) is 0 Å². The van der Waals surface area contributed by atoms with Crippen molar-refractivity contribution in [2.75, 3.05) is 16.6 Å². The van der Waals surface area contributed by atoms with Gasteiger partial charge < -0.3 is 5.11 Å². The third kappa shape index (κ3) is 2.93. The minimum Gasteiger partial charge on any atom is -0.480 e. The molecule has 0 radical (unpaired) electrons. The summed E-state index contributed by atoms with van der Waals surface area (Å²) in [7, 11) is -3.82. The molecule has 16 heavy (non-hydrogen) atoms. The molecule has 0 aliphatic heterocycles. The Labute approximate surface area is 93.6 Å². The lowest BCUT2D eigenvalue weighted by Crippen LogP contribution is -2.35. The summed E-state index contributed by atoms with van der Waals surface area (Å²) in [5, 5.41) is 8.52. The van der Waals surface area contributed by atoms with Crippen LogP contribution in [0.5, 0.6) is 0 Å². The fourth-order valence-electron chi connectivity index (χ4n) is 1.28. The van der Waals surface area contributed by atoms with Gasteiger partial charge in [0.2, 0.25) is 10.0 Å². The second kappa shape index (κ2) is 4.93. The van der Waals surface area contributed by atoms with Crippen LogP contribution < -0.4 is 4.31 Å². The van der Waals surface area contributed by atoms with E-state index in [4.69, 9.17) is 5.11 Å². The van der Waals surface area contributed by atoms with Crippen LogP contribution in [0.15, 0.2) is 24.5 Å². The van der Waals surface area contributed by atoms with Gasteiger partial charge >= 0.3 is 5.97 Å². The van der Waals surface area contributed by atoms with Gasteiger partial charge in [-0.25, -0.2) is 8.42 Å². The Bertz CT molecular complexity index is 458. The lowest BCUT2D eigenvalue weighted by Gasteiger charge is -2.21. The molecule has 1 rings (SSSR count). The number of nitrogens with zero attached hydrogens (tertiary/aromatic N) is 2. The van der Waals surface area contributed by atoms with Crippen LogP contribution in [0.1, 0.15) is 6.92 Å². The largest absolute Gasteiger partial charge is 0.480 e. The van der Waals surface area contributed by atoms with Crippen LogP contribution in [0.4, 0.5) is 5.69 Å². The van der Waals surface area contributed by atoms with E-state index in [1.165, 1.54) is 24.5 Å². The molecule has 0 fully saturated rings. The third-order valence-corrected chi connectivity index (χ3v) is 3.63. The predicted octanol–water partition coefficient (Wildman–Crippen LogP) is 0.322. The summed E-state index contributed by atoms with van der Waals surface area (Å²) < 4.78 is 24.4. The van der Waals surface area contributed by atoms with Gasteiger partial charge in [0.25, 0.3) is 0 Å². The van der Waals surface area contributed by atoms with Gasteiger partial charge in [-0.15, -0.1) is 0 Å². The first-order chi connectivity index (χ1) is 7.47. The molecule has 0 saturated heterocycles. The van der Waals surface area contributed by atoms with Crippen molar-refractivity contribution in [2.45, 2.75) is 6.92 Å². The second-order valence-electron chi connectivity index (χ2n) is 3.02. The predicted molar refractivity (Wildman–Crippen MR) is 58.7 cm³/mol. The summed E-state index contributed by atoms with van der Waals surface area (Å²) >= 11 is 0. The molecule has 1 heterocycles. The maximum absolute atomic E-state index is 11.7. The highest BCUT2D eigenvalue weighted by atomic mass is 32.2. The normalized spacial score (nSPS) is 11.1. The first kappa shape index (κ1) is 12.4. The highest BCUT2D eigenvalue weighted by Crippen LogP contribution is 2.16. The number of sulfonamides is 1. The summed E-state index contributed by atoms with van der Waals surface area (Å²) in [6.45, 7) is 1.82. The molecular weight excluding hydrogens is 232 g/mol. The minimum absolute atomic E-state index is 0.180. The van der Waals surface area contributed by atoms with Crippen molar-refractivity contribution >= 4 is 21.7 Å². The van der Waals surface area contributed by atoms with Crippen molar-refractivity contribution in [3.8, 4) is 0 Å². The fourth-order valence-corrected chi connectivity index (χ4v) is 2.59. The molecule has 0 unspecified atom stereocenters. The van der Waals surface area contributed by atoms with Gasteiger partial charge in [-0.1, -0.05) is 0 Å². The summed E-state index contributed by atoms with van der Waals surface area (Å²) in [5.74, 6) is -2.28. The number of hydrogen-bond donors (Lipinski definition) is 1. The van der Waals surface area contributed by atoms with E-state index in [0.29, 0.717) is 5.69 Å². The van der Waals surface area contributed by atoms with Gasteiger partial charge in [-0.05, 0) is 19.1 Å². The van der Waals surface area contributed by atoms with Gasteiger partial charge in [0.05, 0.1) is 5.69 Å². The quantitative estimate of drug-likeness (QED) is 0.806. The van der Waals surface area contributed by atoms with Crippen molar-refractivity contribution in [2.24, 2.45) is 0 Å². The standard InChI is InChI=1S/C9H12N2O4S/c1-2-11(8-3-5-10-6-4-8)16(14,15)7-9(12)13/h3-6H,2,7H2,1H3,(H,12,13). The Morgan fingerprint density at radius 3 is 2.44 bits per heavy atom. The molecule has 0 spiro atoms. The van der Waals surface area contributed by atoms with Crippen LogP contribution in [0.25, 0.3) is 0 Å². The lowest BCUT2D eigenvalue weighted by molar-refractivity contribution is -0.134. The molecule has 88 valence electrons. The molecule has 0 aromatic carbocycles. The molecule has 0 amide bonds. The Morgan fingerprint density at radius 2 is 2.00 bits per heavy atom. The maximum Gasteiger partial charge on any atom is 0.320 e. The molecule has 1 aromatic heterocycles. The smallest absolute Gasteiger partial charge is 0.320 e. The number of anilines is 1. The van der Waals surface area contributed by atoms with Crippen LogP contribution in [0.3, 0.4) is 0 Å². The first-order valence-electron chi connectivity index (χ1n) is 4.59. The Morgan fingerprint density at radius 1 is 1.44 bits per heavy atom. The molecule has 0 bridgehead atoms. The van der Waals surface area contributed by atoms with Crippen molar-refractivity contribution in [1.29, 1.82) is 0 Å². The molecular formula is C9H12N2O4S. The van der Waals surface area contributed by atoms with Gasteiger partial charge in [-0.3, -0.25) is 14.1 Å². The first-order valence-corrected chi connectivity index (χ1v) is 6.20. The average molecular weight is 244 g/mol. The molecule has 0 aliphatic rings. The fraction of sp³-hybridized carbons (Fsp3) is 0.333. The molecule has 0 atom stereocenters. The number of carbonyl (C=O) groups is 1. The van der Waals surface area contributed by atoms with E-state index in [0.717, 1.165) is 4.31 Å². The number of pyridine rings is 1. The van der Waals surface area contributed by atoms with E-state index in [-0.39, 0.29) is 6.54 Å². The van der Waals surface area contributed by atoms with Gasteiger partial charge in [0, 0.05) is 18.9 Å². The zero-order valence-electron chi connectivity index (χ0n) is 8.70. The number of rotatable bonds is 5. The molecule has 1 N–H and O–H groups in total. The Kier molecular flexibility index (Phi) is 3.83. The molecule has 6 nitrogen and oxygen atoms in total. The van der Waals surface area contributed by atoms with E-state index in [2.05, 4.69) is 4.98 Å². The minimum atomic E-state index is -3.82. The van der Waals surface area contributed by atoms with Crippen molar-refractivity contribution in [3.63, 3.8) is 0 Å². The summed E-state index contributed by atoms with van der Waals surface area (Å²) in [5.41, 5.74) is 0.416. The highest BCUT2D eigenvalue weighted by molar-refractivity contribution is 7.93. The number of aliphatic carboxylic acids is 1. The van der Waals surface area contributed by atoms with Crippen LogP contribution >= 0.6 is 0 Å². The summed E-state index contributed by atoms with van der Waals surface area (Å²) in [4.78, 5) is 14.2. The van der Waals surface area contributed by atoms with E-state index in [1.54, 1.807) is 6.92 Å². The Balaban J connectivity index is 3.04. The lowest BCUT2D eigenvalue weighted by atomic mass is 10.4.